The highest BCUT2D eigenvalue weighted by Crippen LogP contribution is 2.43. The molecule has 0 aliphatic heterocycles. The third-order valence-corrected chi connectivity index (χ3v) is 4.32. The molecule has 0 amide bonds. The molecule has 1 fully saturated rings. The Morgan fingerprint density at radius 3 is 2.56 bits per heavy atom. The van der Waals surface area contributed by atoms with E-state index in [0.29, 0.717) is 18.9 Å². The average Bonchev–Trinajstić information content (AvgIpc) is 3.22. The summed E-state index contributed by atoms with van der Waals surface area (Å²) in [6.45, 7) is 4.25. The Morgan fingerprint density at radius 1 is 1.32 bits per heavy atom. The lowest BCUT2D eigenvalue weighted by atomic mass is 10.1. The molecule has 1 aromatic carbocycles. The predicted octanol–water partition coefficient (Wildman–Crippen LogP) is 3.41. The zero-order valence-electron chi connectivity index (χ0n) is 14.3. The largest absolute Gasteiger partial charge is 0.361 e. The fraction of sp³-hybridized carbons (Fsp3) is 0.412. The molecule has 1 aromatic heterocycles. The molecular weight excluding hydrogens is 441 g/mol. The van der Waals surface area contributed by atoms with E-state index in [1.165, 1.54) is 18.2 Å². The van der Waals surface area contributed by atoms with Crippen molar-refractivity contribution in [1.29, 1.82) is 0 Å². The van der Waals surface area contributed by atoms with Gasteiger partial charge in [-0.2, -0.15) is 0 Å². The third-order valence-electron chi connectivity index (χ3n) is 4.32. The number of guanidine groups is 1. The normalized spacial score (nSPS) is 19.3. The molecule has 1 aliphatic rings. The Balaban J connectivity index is 0.00000225. The zero-order valence-corrected chi connectivity index (χ0v) is 16.6. The van der Waals surface area contributed by atoms with Crippen LogP contribution in [0.1, 0.15) is 34.9 Å². The maximum atomic E-state index is 13.8. The molecule has 25 heavy (non-hydrogen) atoms. The van der Waals surface area contributed by atoms with Crippen LogP contribution >= 0.6 is 24.0 Å². The summed E-state index contributed by atoms with van der Waals surface area (Å²) in [5, 5.41) is 10.3. The van der Waals surface area contributed by atoms with E-state index in [9.17, 15) is 8.78 Å². The molecule has 0 radical (unpaired) electrons. The first-order valence-electron chi connectivity index (χ1n) is 7.84. The molecular formula is C17H21F2IN4O. The second-order valence-corrected chi connectivity index (χ2v) is 5.96. The molecule has 1 saturated carbocycles. The topological polar surface area (TPSA) is 62.5 Å². The van der Waals surface area contributed by atoms with Gasteiger partial charge in [-0.1, -0.05) is 11.2 Å². The van der Waals surface area contributed by atoms with E-state index in [2.05, 4.69) is 20.8 Å². The molecule has 2 aromatic rings. The van der Waals surface area contributed by atoms with Crippen LogP contribution in [0.5, 0.6) is 0 Å². The minimum absolute atomic E-state index is 0. The molecule has 0 spiro atoms. The van der Waals surface area contributed by atoms with Crippen LogP contribution in [0.15, 0.2) is 27.7 Å². The van der Waals surface area contributed by atoms with Crippen LogP contribution in [0, 0.1) is 25.5 Å². The summed E-state index contributed by atoms with van der Waals surface area (Å²) in [6.07, 6.45) is 0.671. The number of nitrogens with zero attached hydrogens (tertiary/aromatic N) is 2. The van der Waals surface area contributed by atoms with E-state index < -0.39 is 11.6 Å². The summed E-state index contributed by atoms with van der Waals surface area (Å²) < 4.78 is 32.8. The molecule has 5 nitrogen and oxygen atoms in total. The molecule has 2 N–H and O–H groups in total. The monoisotopic (exact) mass is 462 g/mol. The maximum Gasteiger partial charge on any atom is 0.191 e. The lowest BCUT2D eigenvalue weighted by molar-refractivity contribution is 0.392. The first-order valence-corrected chi connectivity index (χ1v) is 7.84. The smallest absolute Gasteiger partial charge is 0.191 e. The van der Waals surface area contributed by atoms with Crippen molar-refractivity contribution in [3.05, 3.63) is 52.4 Å². The van der Waals surface area contributed by atoms with Gasteiger partial charge in [-0.05, 0) is 32.4 Å². The second-order valence-electron chi connectivity index (χ2n) is 5.96. The molecule has 0 bridgehead atoms. The molecule has 0 saturated heterocycles. The van der Waals surface area contributed by atoms with E-state index >= 15 is 0 Å². The number of rotatable bonds is 4. The summed E-state index contributed by atoms with van der Waals surface area (Å²) in [7, 11) is 1.66. The fourth-order valence-electron chi connectivity index (χ4n) is 2.84. The highest BCUT2D eigenvalue weighted by Gasteiger charge is 2.42. The Labute approximate surface area is 162 Å². The van der Waals surface area contributed by atoms with E-state index in [0.717, 1.165) is 17.0 Å². The summed E-state index contributed by atoms with van der Waals surface area (Å²) in [5.74, 6) is 0.169. The first kappa shape index (κ1) is 19.6. The van der Waals surface area contributed by atoms with Crippen LogP contribution < -0.4 is 10.6 Å². The van der Waals surface area contributed by atoms with Gasteiger partial charge < -0.3 is 15.2 Å². The van der Waals surface area contributed by atoms with E-state index in [1.807, 2.05) is 13.8 Å². The summed E-state index contributed by atoms with van der Waals surface area (Å²) in [6, 6.07) is 3.92. The van der Waals surface area contributed by atoms with Gasteiger partial charge in [-0.3, -0.25) is 4.99 Å². The molecule has 2 atom stereocenters. The molecule has 3 rings (SSSR count). The van der Waals surface area contributed by atoms with Crippen molar-refractivity contribution >= 4 is 29.9 Å². The molecule has 1 heterocycles. The van der Waals surface area contributed by atoms with Gasteiger partial charge in [-0.15, -0.1) is 24.0 Å². The number of aromatic nitrogens is 1. The summed E-state index contributed by atoms with van der Waals surface area (Å²) in [4.78, 5) is 4.16. The Hall–Kier alpha value is -1.71. The number of aliphatic imine (C=N–C) groups is 1. The number of hydrogen-bond acceptors (Lipinski definition) is 3. The van der Waals surface area contributed by atoms with Crippen LogP contribution in [-0.2, 0) is 6.54 Å². The van der Waals surface area contributed by atoms with Gasteiger partial charge in [-0.25, -0.2) is 8.78 Å². The van der Waals surface area contributed by atoms with Gasteiger partial charge >= 0.3 is 0 Å². The van der Waals surface area contributed by atoms with Crippen molar-refractivity contribution in [3.63, 3.8) is 0 Å². The van der Waals surface area contributed by atoms with Crippen LogP contribution in [-0.4, -0.2) is 24.2 Å². The predicted molar refractivity (Wildman–Crippen MR) is 102 cm³/mol. The molecule has 2 unspecified atom stereocenters. The van der Waals surface area contributed by atoms with Gasteiger partial charge in [0.1, 0.15) is 17.4 Å². The average molecular weight is 462 g/mol. The minimum Gasteiger partial charge on any atom is -0.361 e. The highest BCUT2D eigenvalue weighted by atomic mass is 127. The van der Waals surface area contributed by atoms with Gasteiger partial charge in [0.25, 0.3) is 0 Å². The van der Waals surface area contributed by atoms with Crippen LogP contribution in [0.2, 0.25) is 0 Å². The van der Waals surface area contributed by atoms with E-state index in [-0.39, 0.29) is 41.5 Å². The Morgan fingerprint density at radius 2 is 2.00 bits per heavy atom. The van der Waals surface area contributed by atoms with E-state index in [1.54, 1.807) is 7.05 Å². The number of halogens is 3. The summed E-state index contributed by atoms with van der Waals surface area (Å²) in [5.41, 5.74) is 1.95. The van der Waals surface area contributed by atoms with Gasteiger partial charge in [0, 0.05) is 36.7 Å². The summed E-state index contributed by atoms with van der Waals surface area (Å²) >= 11 is 0. The number of nitrogens with one attached hydrogen (secondary N) is 2. The number of hydrogen-bond donors (Lipinski definition) is 2. The third kappa shape index (κ3) is 4.28. The number of benzene rings is 1. The van der Waals surface area contributed by atoms with Gasteiger partial charge in [0.2, 0.25) is 0 Å². The van der Waals surface area contributed by atoms with Crippen LogP contribution in [0.4, 0.5) is 8.78 Å². The Kier molecular flexibility index (Phi) is 6.36. The second kappa shape index (κ2) is 8.11. The zero-order chi connectivity index (χ0) is 17.3. The number of aryl methyl sites for hydroxylation is 2. The van der Waals surface area contributed by atoms with Crippen molar-refractivity contribution in [2.45, 2.75) is 38.8 Å². The van der Waals surface area contributed by atoms with Crippen molar-refractivity contribution in [3.8, 4) is 0 Å². The van der Waals surface area contributed by atoms with E-state index in [4.69, 9.17) is 4.52 Å². The molecule has 136 valence electrons. The fourth-order valence-corrected chi connectivity index (χ4v) is 2.84. The molecule has 1 aliphatic carbocycles. The lowest BCUT2D eigenvalue weighted by Crippen LogP contribution is -2.38. The van der Waals surface area contributed by atoms with Crippen molar-refractivity contribution in [2.75, 3.05) is 7.05 Å². The maximum absolute atomic E-state index is 13.8. The lowest BCUT2D eigenvalue weighted by Gasteiger charge is -2.12. The first-order chi connectivity index (χ1) is 11.5. The minimum atomic E-state index is -0.497. The quantitative estimate of drug-likeness (QED) is 0.416. The van der Waals surface area contributed by atoms with Gasteiger partial charge in [0.15, 0.2) is 5.96 Å². The van der Waals surface area contributed by atoms with Crippen molar-refractivity contribution in [2.24, 2.45) is 4.99 Å². The van der Waals surface area contributed by atoms with Crippen molar-refractivity contribution in [1.82, 2.24) is 15.8 Å². The van der Waals surface area contributed by atoms with Crippen molar-refractivity contribution < 1.29 is 13.3 Å². The van der Waals surface area contributed by atoms with Crippen LogP contribution in [0.25, 0.3) is 0 Å². The van der Waals surface area contributed by atoms with Gasteiger partial charge in [0.05, 0.1) is 5.69 Å². The van der Waals surface area contributed by atoms with Crippen LogP contribution in [0.3, 0.4) is 0 Å². The highest BCUT2D eigenvalue weighted by molar-refractivity contribution is 14.0. The SMILES string of the molecule is CN=C(NCc1c(C)noc1C)NC1CC1c1c(F)cccc1F.I. The molecule has 8 heteroatoms. The standard InChI is InChI=1S/C17H20F2N4O.HI/c1-9-12(10(2)24-23-9)8-21-17(20-3)22-15-7-11(15)16-13(18)5-4-6-14(16)19;/h4-6,11,15H,7-8H2,1-3H3,(H2,20,21,22);1H. The Bertz CT molecular complexity index is 738.